The molecule has 1 aliphatic carbocycles. The van der Waals surface area contributed by atoms with E-state index in [-0.39, 0.29) is 0 Å². The lowest BCUT2D eigenvalue weighted by Gasteiger charge is -2.41. The summed E-state index contributed by atoms with van der Waals surface area (Å²) in [6.45, 7) is 6.03. The van der Waals surface area contributed by atoms with Crippen LogP contribution in [0, 0.1) is 17.3 Å². The fourth-order valence-electron chi connectivity index (χ4n) is 3.28. The van der Waals surface area contributed by atoms with Crippen LogP contribution in [0.5, 0.6) is 0 Å². The smallest absolute Gasteiger partial charge is 0.0285 e. The lowest BCUT2D eigenvalue weighted by Crippen LogP contribution is -2.35. The first kappa shape index (κ1) is 14.5. The van der Waals surface area contributed by atoms with E-state index in [9.17, 15) is 0 Å². The topological polar surface area (TPSA) is 12.0 Å². The predicted molar refractivity (Wildman–Crippen MR) is 84.3 cm³/mol. The minimum atomic E-state index is 0.531. The Morgan fingerprint density at radius 1 is 1.44 bits per heavy atom. The highest BCUT2D eigenvalue weighted by molar-refractivity contribution is 9.10. The molecule has 1 N–H and O–H groups in total. The van der Waals surface area contributed by atoms with Crippen LogP contribution in [-0.4, -0.2) is 13.6 Å². The van der Waals surface area contributed by atoms with Gasteiger partial charge in [0, 0.05) is 14.7 Å². The third-order valence-electron chi connectivity index (χ3n) is 4.22. The first-order valence-corrected chi connectivity index (χ1v) is 8.55. The Labute approximate surface area is 123 Å². The monoisotopic (exact) mass is 329 g/mol. The van der Waals surface area contributed by atoms with E-state index in [0.717, 1.165) is 11.8 Å². The quantitative estimate of drug-likeness (QED) is 0.843. The van der Waals surface area contributed by atoms with E-state index < -0.39 is 0 Å². The molecule has 1 aliphatic rings. The molecule has 1 heterocycles. The van der Waals surface area contributed by atoms with Crippen molar-refractivity contribution in [3.63, 3.8) is 0 Å². The molecule has 0 spiro atoms. The van der Waals surface area contributed by atoms with Gasteiger partial charge in [-0.05, 0) is 78.5 Å². The van der Waals surface area contributed by atoms with Crippen molar-refractivity contribution in [2.75, 3.05) is 13.6 Å². The molecule has 0 aromatic carbocycles. The largest absolute Gasteiger partial charge is 0.319 e. The Morgan fingerprint density at radius 2 is 2.22 bits per heavy atom. The van der Waals surface area contributed by atoms with Crippen molar-refractivity contribution < 1.29 is 0 Å². The van der Waals surface area contributed by atoms with Crippen molar-refractivity contribution in [3.8, 4) is 0 Å². The van der Waals surface area contributed by atoms with Gasteiger partial charge in [-0.2, -0.15) is 0 Å². The van der Waals surface area contributed by atoms with Crippen LogP contribution in [0.15, 0.2) is 15.9 Å². The average molecular weight is 330 g/mol. The van der Waals surface area contributed by atoms with E-state index in [2.05, 4.69) is 53.6 Å². The van der Waals surface area contributed by atoms with Crippen LogP contribution in [0.25, 0.3) is 0 Å². The van der Waals surface area contributed by atoms with Crippen molar-refractivity contribution in [3.05, 3.63) is 20.8 Å². The van der Waals surface area contributed by atoms with E-state index in [0.29, 0.717) is 5.41 Å². The Kier molecular flexibility index (Phi) is 4.90. The average Bonchev–Trinajstić information content (AvgIpc) is 2.68. The minimum absolute atomic E-state index is 0.531. The molecule has 2 rings (SSSR count). The second-order valence-electron chi connectivity index (χ2n) is 6.42. The second kappa shape index (κ2) is 6.06. The molecule has 102 valence electrons. The standard InChI is InChI=1S/C15H24BrNS/c1-15(2)5-4-11(9-17-3)12(8-15)6-14-7-13(16)10-18-14/h7,10-12,17H,4-6,8-9H2,1-3H3. The molecule has 0 radical (unpaired) electrons. The molecule has 0 amide bonds. The maximum absolute atomic E-state index is 3.56. The van der Waals surface area contributed by atoms with Crippen LogP contribution < -0.4 is 5.32 Å². The van der Waals surface area contributed by atoms with Gasteiger partial charge in [-0.25, -0.2) is 0 Å². The van der Waals surface area contributed by atoms with Gasteiger partial charge in [-0.15, -0.1) is 11.3 Å². The van der Waals surface area contributed by atoms with Crippen molar-refractivity contribution >= 4 is 27.3 Å². The summed E-state index contributed by atoms with van der Waals surface area (Å²) < 4.78 is 1.24. The second-order valence-corrected chi connectivity index (χ2v) is 8.33. The molecular weight excluding hydrogens is 306 g/mol. The molecular formula is C15H24BrNS. The van der Waals surface area contributed by atoms with E-state index in [1.165, 1.54) is 41.6 Å². The van der Waals surface area contributed by atoms with E-state index in [1.54, 1.807) is 0 Å². The molecule has 2 atom stereocenters. The number of rotatable bonds is 4. The third-order valence-corrected chi connectivity index (χ3v) is 5.94. The maximum atomic E-state index is 3.56. The van der Waals surface area contributed by atoms with Crippen molar-refractivity contribution in [2.24, 2.45) is 17.3 Å². The van der Waals surface area contributed by atoms with Gasteiger partial charge in [-0.1, -0.05) is 13.8 Å². The Hall–Kier alpha value is 0.140. The Balaban J connectivity index is 2.05. The lowest BCUT2D eigenvalue weighted by molar-refractivity contribution is 0.118. The fraction of sp³-hybridized carbons (Fsp3) is 0.733. The summed E-state index contributed by atoms with van der Waals surface area (Å²) >= 11 is 5.46. The van der Waals surface area contributed by atoms with Crippen LogP contribution in [-0.2, 0) is 6.42 Å². The zero-order chi connectivity index (χ0) is 13.2. The zero-order valence-electron chi connectivity index (χ0n) is 11.6. The number of hydrogen-bond donors (Lipinski definition) is 1. The SMILES string of the molecule is CNCC1CCC(C)(C)CC1Cc1cc(Br)cs1. The van der Waals surface area contributed by atoms with Crippen molar-refractivity contribution in [1.82, 2.24) is 5.32 Å². The summed E-state index contributed by atoms with van der Waals surface area (Å²) in [5.41, 5.74) is 0.531. The molecule has 1 saturated carbocycles. The van der Waals surface area contributed by atoms with Crippen LogP contribution >= 0.6 is 27.3 Å². The third kappa shape index (κ3) is 3.82. The highest BCUT2D eigenvalue weighted by Gasteiger charge is 2.34. The molecule has 1 aromatic heterocycles. The first-order valence-electron chi connectivity index (χ1n) is 6.88. The molecule has 2 unspecified atom stereocenters. The summed E-state index contributed by atoms with van der Waals surface area (Å²) in [7, 11) is 2.08. The van der Waals surface area contributed by atoms with Crippen LogP contribution in [0.2, 0.25) is 0 Å². The number of hydrogen-bond acceptors (Lipinski definition) is 2. The molecule has 0 bridgehead atoms. The van der Waals surface area contributed by atoms with Gasteiger partial charge >= 0.3 is 0 Å². The number of halogens is 1. The van der Waals surface area contributed by atoms with Crippen molar-refractivity contribution in [1.29, 1.82) is 0 Å². The summed E-state index contributed by atoms with van der Waals surface area (Å²) in [5, 5.41) is 5.58. The number of nitrogens with one attached hydrogen (secondary N) is 1. The van der Waals surface area contributed by atoms with Gasteiger partial charge < -0.3 is 5.32 Å². The van der Waals surface area contributed by atoms with E-state index in [1.807, 2.05) is 11.3 Å². The molecule has 0 aliphatic heterocycles. The van der Waals surface area contributed by atoms with Gasteiger partial charge in [0.1, 0.15) is 0 Å². The van der Waals surface area contributed by atoms with Crippen LogP contribution in [0.4, 0.5) is 0 Å². The van der Waals surface area contributed by atoms with Crippen LogP contribution in [0.1, 0.15) is 38.0 Å². The Bertz CT molecular complexity index is 386. The lowest BCUT2D eigenvalue weighted by atomic mass is 9.66. The van der Waals surface area contributed by atoms with Gasteiger partial charge in [0.05, 0.1) is 0 Å². The zero-order valence-corrected chi connectivity index (χ0v) is 14.0. The molecule has 0 saturated heterocycles. The summed E-state index contributed by atoms with van der Waals surface area (Å²) in [4.78, 5) is 1.53. The molecule has 3 heteroatoms. The molecule has 18 heavy (non-hydrogen) atoms. The highest BCUT2D eigenvalue weighted by Crippen LogP contribution is 2.43. The highest BCUT2D eigenvalue weighted by atomic mass is 79.9. The van der Waals surface area contributed by atoms with E-state index in [4.69, 9.17) is 0 Å². The van der Waals surface area contributed by atoms with Gasteiger partial charge in [-0.3, -0.25) is 0 Å². The van der Waals surface area contributed by atoms with Gasteiger partial charge in [0.2, 0.25) is 0 Å². The Morgan fingerprint density at radius 3 is 2.83 bits per heavy atom. The van der Waals surface area contributed by atoms with Crippen molar-refractivity contribution in [2.45, 2.75) is 39.5 Å². The van der Waals surface area contributed by atoms with Gasteiger partial charge in [0.15, 0.2) is 0 Å². The van der Waals surface area contributed by atoms with Crippen LogP contribution in [0.3, 0.4) is 0 Å². The molecule has 1 nitrogen and oxygen atoms in total. The molecule has 1 fully saturated rings. The summed E-state index contributed by atoms with van der Waals surface area (Å²) in [5.74, 6) is 1.69. The normalized spacial score (nSPS) is 27.3. The maximum Gasteiger partial charge on any atom is 0.0285 e. The first-order chi connectivity index (χ1) is 8.50. The molecule has 1 aromatic rings. The summed E-state index contributed by atoms with van der Waals surface area (Å²) in [6, 6.07) is 2.29. The van der Waals surface area contributed by atoms with Gasteiger partial charge in [0.25, 0.3) is 0 Å². The minimum Gasteiger partial charge on any atom is -0.319 e. The number of thiophene rings is 1. The van der Waals surface area contributed by atoms with E-state index >= 15 is 0 Å². The predicted octanol–water partition coefficient (Wildman–Crippen LogP) is 4.72. The fourth-order valence-corrected chi connectivity index (χ4v) is 4.82. The summed E-state index contributed by atoms with van der Waals surface area (Å²) in [6.07, 6.45) is 5.38.